The van der Waals surface area contributed by atoms with Gasteiger partial charge in [0.05, 0.1) is 47.2 Å². The fourth-order valence-corrected chi connectivity index (χ4v) is 12.9. The van der Waals surface area contributed by atoms with Crippen molar-refractivity contribution in [2.24, 2.45) is 0 Å². The summed E-state index contributed by atoms with van der Waals surface area (Å²) in [6, 6.07) is 11.4. The van der Waals surface area contributed by atoms with Crippen molar-refractivity contribution in [3.05, 3.63) is 144 Å². The van der Waals surface area contributed by atoms with Crippen molar-refractivity contribution < 1.29 is 32.3 Å². The number of methoxy groups -OCH3 is 1. The third-order valence-corrected chi connectivity index (χ3v) is 18.5. The Balaban J connectivity index is 0.000000140. The van der Waals surface area contributed by atoms with Gasteiger partial charge >= 0.3 is 6.09 Å². The van der Waals surface area contributed by atoms with Gasteiger partial charge < -0.3 is 24.3 Å². The zero-order valence-corrected chi connectivity index (χ0v) is 50.7. The molecule has 0 fully saturated rings. The van der Waals surface area contributed by atoms with Gasteiger partial charge in [-0.25, -0.2) is 13.2 Å². The summed E-state index contributed by atoms with van der Waals surface area (Å²) in [5, 5.41) is 0. The molecule has 6 aliphatic heterocycles. The first kappa shape index (κ1) is 60.8. The predicted octanol–water partition coefficient (Wildman–Crippen LogP) is 9.25. The zero-order chi connectivity index (χ0) is 59.8. The number of likely N-dealkylation sites (N-methyl/N-ethyl adjacent to an activating group) is 2. The van der Waals surface area contributed by atoms with Crippen LogP contribution in [0.3, 0.4) is 0 Å². The highest BCUT2D eigenvalue weighted by Crippen LogP contribution is 2.46. The highest BCUT2D eigenvalue weighted by atomic mass is 32.2. The van der Waals surface area contributed by atoms with Gasteiger partial charge in [0.2, 0.25) is 28.2 Å². The van der Waals surface area contributed by atoms with Gasteiger partial charge in [-0.2, -0.15) is 0 Å². The molecule has 12 heterocycles. The summed E-state index contributed by atoms with van der Waals surface area (Å²) < 4.78 is 29.1. The second kappa shape index (κ2) is 22.6. The number of fused-ring (bicyclic) bond motifs is 6. The lowest BCUT2D eigenvalue weighted by Crippen LogP contribution is -2.33. The third kappa shape index (κ3) is 11.6. The van der Waals surface area contributed by atoms with Crippen molar-refractivity contribution in [2.45, 2.75) is 122 Å². The highest BCUT2D eigenvalue weighted by molar-refractivity contribution is 7.94. The Hall–Kier alpha value is -7.87. The number of hydrogen-bond donors (Lipinski definition) is 0. The van der Waals surface area contributed by atoms with Crippen LogP contribution in [0.2, 0.25) is 0 Å². The number of amides is 4. The van der Waals surface area contributed by atoms with Gasteiger partial charge in [0.1, 0.15) is 4.75 Å². The molecule has 0 N–H and O–H groups in total. The molecule has 0 atom stereocenters. The van der Waals surface area contributed by atoms with Crippen LogP contribution in [0.15, 0.2) is 111 Å². The Kier molecular flexibility index (Phi) is 16.9. The molecule has 6 aromatic rings. The van der Waals surface area contributed by atoms with Gasteiger partial charge in [-0.3, -0.25) is 53.5 Å². The second-order valence-electron chi connectivity index (χ2n) is 24.6. The van der Waals surface area contributed by atoms with E-state index in [1.54, 1.807) is 105 Å². The second-order valence-corrected chi connectivity index (χ2v) is 27.1. The summed E-state index contributed by atoms with van der Waals surface area (Å²) >= 11 is 0. The lowest BCUT2D eigenvalue weighted by molar-refractivity contribution is -0.121. The molecule has 430 valence electrons. The smallest absolute Gasteiger partial charge is 0.414 e. The molecule has 20 heteroatoms. The molecule has 0 bridgehead atoms. The molecular formula is C61H78N12O7S. The van der Waals surface area contributed by atoms with Gasteiger partial charge in [-0.15, -0.1) is 0 Å². The molecule has 6 aliphatic rings. The minimum atomic E-state index is -3.27. The van der Waals surface area contributed by atoms with Crippen LogP contribution < -0.4 is 28.8 Å². The van der Waals surface area contributed by atoms with Gasteiger partial charge in [0, 0.05) is 178 Å². The molecule has 0 saturated carbocycles. The van der Waals surface area contributed by atoms with Crippen molar-refractivity contribution in [1.29, 1.82) is 0 Å². The number of pyridine rings is 6. The summed E-state index contributed by atoms with van der Waals surface area (Å²) in [6.07, 6.45) is 21.7. The minimum absolute atomic E-state index is 0.0231. The number of nitrogens with zero attached hydrogens (tertiary/aromatic N) is 12. The maximum atomic E-state index is 12.0. The molecule has 0 saturated heterocycles. The van der Waals surface area contributed by atoms with Crippen LogP contribution in [0, 0.1) is 0 Å². The number of rotatable bonds is 1. The first-order valence-corrected chi connectivity index (χ1v) is 28.2. The fourth-order valence-electron chi connectivity index (χ4n) is 11.4. The van der Waals surface area contributed by atoms with Gasteiger partial charge in [-0.05, 0) is 69.7 Å². The maximum absolute atomic E-state index is 12.0. The topological polar surface area (TPSA) is 208 Å². The van der Waals surface area contributed by atoms with E-state index >= 15 is 0 Å². The molecule has 12 rings (SSSR count). The van der Waals surface area contributed by atoms with E-state index < -0.39 is 20.2 Å². The van der Waals surface area contributed by atoms with E-state index in [1.165, 1.54) is 28.2 Å². The predicted molar refractivity (Wildman–Crippen MR) is 319 cm³/mol. The van der Waals surface area contributed by atoms with E-state index in [0.717, 1.165) is 76.7 Å². The Morgan fingerprint density at radius 2 is 0.914 bits per heavy atom. The number of ether oxygens (including phenoxy) is 1. The van der Waals surface area contributed by atoms with E-state index in [0.29, 0.717) is 6.54 Å². The number of carbonyl (C=O) groups excluding carboxylic acids is 4. The first-order chi connectivity index (χ1) is 37.8. The standard InChI is InChI=1S/C11H14N2O2.C11H14N2O.2C10H12N2O.C10H14N2.C9H12N2O2S/c1-11(2)7-13(10(14)15-3)9-4-5-12-6-8(9)11;1-8(14)13-7-11(2,3)9-6-12-5-4-10(9)13;1-10(2)7-6-11-5-4-8(7)12(3)9(10)13;1-10(2)6-12(7-13)9-5-11-4-3-8(9)10;1-10(2)7-12(3)9-4-5-11-6-8(9)10;1-9(2)7-6-10-5-4-8(7)11(3)14(9,12)13/h4-6H,7H2,1-3H3;4-6H,7H2,1-3H3;4-6H,1-3H3;3-5,7H,6H2,1-2H3;4-6H,7H2,1-3H3;4-6H,1-3H3. The molecule has 0 aliphatic carbocycles. The van der Waals surface area contributed by atoms with Crippen LogP contribution in [0.4, 0.5) is 38.9 Å². The van der Waals surface area contributed by atoms with Crippen molar-refractivity contribution in [3.8, 4) is 0 Å². The average molecular weight is 1120 g/mol. The summed E-state index contributed by atoms with van der Waals surface area (Å²) in [4.78, 5) is 79.0. The first-order valence-electron chi connectivity index (χ1n) is 26.8. The molecule has 0 aromatic carbocycles. The molecule has 19 nitrogen and oxygen atoms in total. The quantitative estimate of drug-likeness (QED) is 0.141. The average Bonchev–Trinajstić information content (AvgIpc) is 4.33. The van der Waals surface area contributed by atoms with Crippen molar-refractivity contribution in [1.82, 2.24) is 29.9 Å². The maximum Gasteiger partial charge on any atom is 0.414 e. The molecule has 4 amide bonds. The van der Waals surface area contributed by atoms with E-state index in [9.17, 15) is 27.6 Å². The number of carbonyl (C=O) groups is 4. The summed E-state index contributed by atoms with van der Waals surface area (Å²) in [5.74, 6) is 0.235. The molecule has 0 unspecified atom stereocenters. The lowest BCUT2D eigenvalue weighted by Gasteiger charge is -2.19. The van der Waals surface area contributed by atoms with Crippen LogP contribution >= 0.6 is 0 Å². The highest BCUT2D eigenvalue weighted by Gasteiger charge is 2.48. The van der Waals surface area contributed by atoms with Crippen molar-refractivity contribution >= 4 is 68.5 Å². The zero-order valence-electron chi connectivity index (χ0n) is 49.9. The number of sulfonamides is 1. The van der Waals surface area contributed by atoms with E-state index in [4.69, 9.17) is 4.74 Å². The number of hydrogen-bond acceptors (Lipinski definition) is 14. The lowest BCUT2D eigenvalue weighted by atomic mass is 9.87. The minimum Gasteiger partial charge on any atom is -0.452 e. The van der Waals surface area contributed by atoms with Gasteiger partial charge in [0.25, 0.3) is 0 Å². The number of aromatic nitrogens is 6. The Labute approximate surface area is 477 Å². The SMILES string of the molecule is CC(=O)N1CC(C)(C)c2cnccc21.CC1(C)CN(C=O)c2cnccc21.CN1C(=O)C(C)(C)c2cnccc21.CN1CC(C)(C)c2cnccc21.CN1c2ccncc2C(C)(C)S1(=O)=O.COC(=O)N1CC(C)(C)c2cnccc21. The third-order valence-electron chi connectivity index (χ3n) is 16.1. The Bertz CT molecular complexity index is 3440. The Morgan fingerprint density at radius 1 is 0.506 bits per heavy atom. The number of anilines is 6. The summed E-state index contributed by atoms with van der Waals surface area (Å²) in [5.41, 5.74) is 12.4. The van der Waals surface area contributed by atoms with Gasteiger partial charge in [0.15, 0.2) is 0 Å². The van der Waals surface area contributed by atoms with E-state index in [-0.39, 0.29) is 39.6 Å². The molecule has 0 radical (unpaired) electrons. The summed E-state index contributed by atoms with van der Waals surface area (Å²) in [7, 11) is 3.63. The molecule has 6 aromatic heterocycles. The van der Waals surface area contributed by atoms with Crippen LogP contribution in [0.1, 0.15) is 123 Å². The monoisotopic (exact) mass is 1120 g/mol. The molecule has 81 heavy (non-hydrogen) atoms. The van der Waals surface area contributed by atoms with Crippen molar-refractivity contribution in [2.75, 3.05) is 83.2 Å². The fraction of sp³-hybridized carbons (Fsp3) is 0.443. The molecule has 0 spiro atoms. The summed E-state index contributed by atoms with van der Waals surface area (Å²) in [6.45, 7) is 29.3. The van der Waals surface area contributed by atoms with E-state index in [1.807, 2.05) is 67.8 Å². The van der Waals surface area contributed by atoms with Crippen LogP contribution in [0.25, 0.3) is 0 Å². The van der Waals surface area contributed by atoms with E-state index in [2.05, 4.69) is 103 Å². The van der Waals surface area contributed by atoms with Crippen LogP contribution in [-0.2, 0) is 61.0 Å². The van der Waals surface area contributed by atoms with Crippen LogP contribution in [-0.4, -0.2) is 117 Å². The van der Waals surface area contributed by atoms with Crippen LogP contribution in [0.5, 0.6) is 0 Å². The largest absolute Gasteiger partial charge is 0.452 e. The molecular weight excluding hydrogens is 1040 g/mol. The van der Waals surface area contributed by atoms with Crippen molar-refractivity contribution in [3.63, 3.8) is 0 Å². The Morgan fingerprint density at radius 3 is 1.40 bits per heavy atom. The normalized spacial score (nSPS) is 19.0. The van der Waals surface area contributed by atoms with Gasteiger partial charge in [-0.1, -0.05) is 55.4 Å².